The van der Waals surface area contributed by atoms with Crippen LogP contribution in [0.2, 0.25) is 0 Å². The van der Waals surface area contributed by atoms with E-state index in [-0.39, 0.29) is 17.6 Å². The summed E-state index contributed by atoms with van der Waals surface area (Å²) in [4.78, 5) is 31.8. The summed E-state index contributed by atoms with van der Waals surface area (Å²) in [6.07, 6.45) is -3.68. The van der Waals surface area contributed by atoms with Crippen molar-refractivity contribution in [3.8, 4) is 0 Å². The van der Waals surface area contributed by atoms with E-state index in [0.717, 1.165) is 18.6 Å². The van der Waals surface area contributed by atoms with Crippen LogP contribution in [0, 0.1) is 0 Å². The van der Waals surface area contributed by atoms with Crippen molar-refractivity contribution in [2.45, 2.75) is 38.1 Å². The van der Waals surface area contributed by atoms with Gasteiger partial charge < -0.3 is 14.4 Å². The van der Waals surface area contributed by atoms with Gasteiger partial charge in [0, 0.05) is 39.6 Å². The number of piperazine rings is 1. The van der Waals surface area contributed by atoms with Gasteiger partial charge in [0.25, 0.3) is 0 Å². The Morgan fingerprint density at radius 3 is 2.38 bits per heavy atom. The summed E-state index contributed by atoms with van der Waals surface area (Å²) in [6.45, 7) is 5.97. The van der Waals surface area contributed by atoms with E-state index in [4.69, 9.17) is 0 Å². The molecule has 1 aliphatic heterocycles. The molecule has 0 spiro atoms. The number of hydrogen-bond donors (Lipinski definition) is 0. The summed E-state index contributed by atoms with van der Waals surface area (Å²) in [7, 11) is 0. The number of imidazole rings is 1. The number of aryl methyl sites for hydroxylation is 1. The molecule has 0 unspecified atom stereocenters. The number of aromatic nitrogens is 2. The number of carbonyl (C=O) groups is 2. The molecule has 6 nitrogen and oxygen atoms in total. The van der Waals surface area contributed by atoms with Crippen molar-refractivity contribution in [2.24, 2.45) is 0 Å². The van der Waals surface area contributed by atoms with Crippen LogP contribution in [0.15, 0.2) is 23.4 Å². The minimum Gasteiger partial charge on any atom is -0.339 e. The molecule has 1 saturated heterocycles. The zero-order chi connectivity index (χ0) is 21.2. The average Bonchev–Trinajstić information content (AvgIpc) is 3.02. The monoisotopic (exact) mass is 428 g/mol. The number of nitrogens with zero attached hydrogens (tertiary/aromatic N) is 4. The van der Waals surface area contributed by atoms with Crippen LogP contribution in [0.5, 0.6) is 0 Å². The van der Waals surface area contributed by atoms with Gasteiger partial charge in [-0.25, -0.2) is 4.98 Å². The summed E-state index contributed by atoms with van der Waals surface area (Å²) in [5.74, 6) is 0.0847. The van der Waals surface area contributed by atoms with Crippen LogP contribution in [0.3, 0.4) is 0 Å². The average molecular weight is 428 g/mol. The van der Waals surface area contributed by atoms with Gasteiger partial charge >= 0.3 is 6.18 Å². The first-order chi connectivity index (χ1) is 13.7. The van der Waals surface area contributed by atoms with Crippen LogP contribution in [0.4, 0.5) is 13.2 Å². The first-order valence-electron chi connectivity index (χ1n) is 9.44. The standard InChI is InChI=1S/C19H23F3N4O2S/c1-3-6-26-16-11-14(19(20,21)22)4-5-15(16)23-18(26)29-12-17(28)25-9-7-24(8-10-25)13(2)27/h4-5,11H,3,6-10,12H2,1-2H3. The fourth-order valence-electron chi connectivity index (χ4n) is 3.32. The maximum Gasteiger partial charge on any atom is 0.416 e. The van der Waals surface area contributed by atoms with Crippen LogP contribution in [-0.2, 0) is 22.3 Å². The lowest BCUT2D eigenvalue weighted by molar-refractivity contribution is -0.137. The number of benzene rings is 1. The van der Waals surface area contributed by atoms with Crippen LogP contribution in [-0.4, -0.2) is 63.1 Å². The van der Waals surface area contributed by atoms with E-state index in [9.17, 15) is 22.8 Å². The molecular weight excluding hydrogens is 405 g/mol. The van der Waals surface area contributed by atoms with Crippen LogP contribution in [0.25, 0.3) is 11.0 Å². The highest BCUT2D eigenvalue weighted by Gasteiger charge is 2.31. The summed E-state index contributed by atoms with van der Waals surface area (Å²) >= 11 is 1.23. The van der Waals surface area contributed by atoms with Crippen molar-refractivity contribution in [1.82, 2.24) is 19.4 Å². The molecule has 3 rings (SSSR count). The molecule has 10 heteroatoms. The third-order valence-corrected chi connectivity index (χ3v) is 5.85. The van der Waals surface area contributed by atoms with Crippen molar-refractivity contribution in [3.05, 3.63) is 23.8 Å². The molecule has 1 aliphatic rings. The van der Waals surface area contributed by atoms with Crippen LogP contribution < -0.4 is 0 Å². The highest BCUT2D eigenvalue weighted by molar-refractivity contribution is 7.99. The molecule has 2 heterocycles. The van der Waals surface area contributed by atoms with Crippen LogP contribution >= 0.6 is 11.8 Å². The molecule has 0 aliphatic carbocycles. The Kier molecular flexibility index (Phi) is 6.40. The van der Waals surface area contributed by atoms with E-state index in [2.05, 4.69) is 4.98 Å². The lowest BCUT2D eigenvalue weighted by atomic mass is 10.2. The largest absolute Gasteiger partial charge is 0.416 e. The lowest BCUT2D eigenvalue weighted by Crippen LogP contribution is -2.50. The second-order valence-electron chi connectivity index (χ2n) is 6.92. The van der Waals surface area contributed by atoms with Gasteiger partial charge in [-0.2, -0.15) is 13.2 Å². The Bertz CT molecular complexity index is 905. The number of halogens is 3. The second-order valence-corrected chi connectivity index (χ2v) is 7.87. The topological polar surface area (TPSA) is 58.4 Å². The van der Waals surface area contributed by atoms with Gasteiger partial charge in [0.15, 0.2) is 5.16 Å². The highest BCUT2D eigenvalue weighted by atomic mass is 32.2. The van der Waals surface area contributed by atoms with E-state index in [0.29, 0.717) is 48.9 Å². The summed E-state index contributed by atoms with van der Waals surface area (Å²) in [5.41, 5.74) is 0.196. The van der Waals surface area contributed by atoms with Gasteiger partial charge in [-0.1, -0.05) is 18.7 Å². The van der Waals surface area contributed by atoms with Gasteiger partial charge in [-0.3, -0.25) is 9.59 Å². The molecule has 0 atom stereocenters. The Balaban J connectivity index is 1.73. The van der Waals surface area contributed by atoms with Gasteiger partial charge in [0.1, 0.15) is 0 Å². The number of fused-ring (bicyclic) bond motifs is 1. The third kappa shape index (κ3) is 4.85. The summed E-state index contributed by atoms with van der Waals surface area (Å²) in [6, 6.07) is 3.52. The van der Waals surface area contributed by atoms with Gasteiger partial charge in [-0.05, 0) is 24.6 Å². The van der Waals surface area contributed by atoms with E-state index in [1.54, 1.807) is 14.4 Å². The predicted octanol–water partition coefficient (Wildman–Crippen LogP) is 3.25. The Hall–Kier alpha value is -2.23. The van der Waals surface area contributed by atoms with E-state index >= 15 is 0 Å². The molecule has 1 aromatic heterocycles. The quantitative estimate of drug-likeness (QED) is 0.686. The molecular formula is C19H23F3N4O2S. The number of hydrogen-bond acceptors (Lipinski definition) is 4. The number of rotatable bonds is 5. The highest BCUT2D eigenvalue weighted by Crippen LogP contribution is 2.33. The number of thioether (sulfide) groups is 1. The molecule has 0 N–H and O–H groups in total. The molecule has 2 aromatic rings. The minimum absolute atomic E-state index is 0.00187. The number of amides is 2. The van der Waals surface area contributed by atoms with E-state index in [1.165, 1.54) is 24.8 Å². The van der Waals surface area contributed by atoms with Crippen molar-refractivity contribution in [2.75, 3.05) is 31.9 Å². The van der Waals surface area contributed by atoms with Crippen molar-refractivity contribution in [3.63, 3.8) is 0 Å². The van der Waals surface area contributed by atoms with Crippen molar-refractivity contribution >= 4 is 34.6 Å². The third-order valence-electron chi connectivity index (χ3n) is 4.89. The van der Waals surface area contributed by atoms with Gasteiger partial charge in [-0.15, -0.1) is 0 Å². The van der Waals surface area contributed by atoms with E-state index < -0.39 is 11.7 Å². The second kappa shape index (κ2) is 8.64. The Morgan fingerprint density at radius 2 is 1.79 bits per heavy atom. The van der Waals surface area contributed by atoms with Crippen molar-refractivity contribution < 1.29 is 22.8 Å². The maximum atomic E-state index is 13.1. The maximum absolute atomic E-state index is 13.1. The Labute approximate surface area is 171 Å². The molecule has 0 saturated carbocycles. The number of carbonyl (C=O) groups excluding carboxylic acids is 2. The SMILES string of the molecule is CCCn1c(SCC(=O)N2CCN(C(C)=O)CC2)nc2ccc(C(F)(F)F)cc21. The van der Waals surface area contributed by atoms with Crippen molar-refractivity contribution in [1.29, 1.82) is 0 Å². The zero-order valence-corrected chi connectivity index (χ0v) is 17.1. The molecule has 29 heavy (non-hydrogen) atoms. The summed E-state index contributed by atoms with van der Waals surface area (Å²) in [5, 5.41) is 0.539. The molecule has 0 radical (unpaired) electrons. The van der Waals surface area contributed by atoms with Gasteiger partial charge in [0.05, 0.1) is 22.3 Å². The summed E-state index contributed by atoms with van der Waals surface area (Å²) < 4.78 is 40.9. The molecule has 0 bridgehead atoms. The fraction of sp³-hybridized carbons (Fsp3) is 0.526. The molecule has 1 aromatic carbocycles. The van der Waals surface area contributed by atoms with E-state index in [1.807, 2.05) is 6.92 Å². The number of alkyl halides is 3. The molecule has 158 valence electrons. The zero-order valence-electron chi connectivity index (χ0n) is 16.3. The smallest absolute Gasteiger partial charge is 0.339 e. The minimum atomic E-state index is -4.42. The normalized spacial score (nSPS) is 15.2. The van der Waals surface area contributed by atoms with Crippen LogP contribution in [0.1, 0.15) is 25.8 Å². The molecule has 1 fully saturated rings. The Morgan fingerprint density at radius 1 is 1.14 bits per heavy atom. The van der Waals surface area contributed by atoms with Gasteiger partial charge in [0.2, 0.25) is 11.8 Å². The first kappa shape index (κ1) is 21.5. The first-order valence-corrected chi connectivity index (χ1v) is 10.4. The fourth-order valence-corrected chi connectivity index (χ4v) is 4.26. The molecule has 2 amide bonds. The predicted molar refractivity (Wildman–Crippen MR) is 105 cm³/mol. The lowest BCUT2D eigenvalue weighted by Gasteiger charge is -2.34.